The molecule has 1 atom stereocenters. The highest BCUT2D eigenvalue weighted by molar-refractivity contribution is 5.79. The first kappa shape index (κ1) is 20.1. The van der Waals surface area contributed by atoms with Gasteiger partial charge in [-0.25, -0.2) is 0 Å². The maximum atomic E-state index is 12.5. The van der Waals surface area contributed by atoms with Crippen molar-refractivity contribution in [3.63, 3.8) is 0 Å². The molecule has 1 fully saturated rings. The number of hydrogen-bond acceptors (Lipinski definition) is 5. The number of amides is 1. The van der Waals surface area contributed by atoms with Gasteiger partial charge in [-0.2, -0.15) is 4.98 Å². The van der Waals surface area contributed by atoms with Crippen LogP contribution >= 0.6 is 0 Å². The van der Waals surface area contributed by atoms with Gasteiger partial charge in [-0.05, 0) is 48.2 Å². The van der Waals surface area contributed by atoms with E-state index in [9.17, 15) is 4.79 Å². The average molecular weight is 405 g/mol. The van der Waals surface area contributed by atoms with E-state index in [0.29, 0.717) is 43.8 Å². The van der Waals surface area contributed by atoms with Gasteiger partial charge in [0.2, 0.25) is 17.6 Å². The molecule has 1 aliphatic rings. The number of likely N-dealkylation sites (tertiary alicyclic amines) is 1. The molecule has 2 aromatic carbocycles. The van der Waals surface area contributed by atoms with Gasteiger partial charge in [0.1, 0.15) is 5.75 Å². The number of carbonyl (C=O) groups excluding carboxylic acids is 1. The van der Waals surface area contributed by atoms with Crippen molar-refractivity contribution >= 4 is 5.91 Å². The largest absolute Gasteiger partial charge is 0.493 e. The monoisotopic (exact) mass is 405 g/mol. The van der Waals surface area contributed by atoms with E-state index in [0.717, 1.165) is 16.9 Å². The molecule has 156 valence electrons. The highest BCUT2D eigenvalue weighted by Gasteiger charge is 2.34. The summed E-state index contributed by atoms with van der Waals surface area (Å²) >= 11 is 0. The van der Waals surface area contributed by atoms with Crippen LogP contribution in [0.2, 0.25) is 0 Å². The minimum atomic E-state index is -0.0728. The fraction of sp³-hybridized carbons (Fsp3) is 0.375. The normalized spacial score (nSPS) is 16.5. The molecule has 2 heterocycles. The van der Waals surface area contributed by atoms with Crippen LogP contribution in [-0.4, -0.2) is 34.1 Å². The second kappa shape index (κ2) is 8.69. The van der Waals surface area contributed by atoms with Gasteiger partial charge in [-0.1, -0.05) is 43.3 Å². The highest BCUT2D eigenvalue weighted by atomic mass is 16.5. The van der Waals surface area contributed by atoms with E-state index in [1.807, 2.05) is 41.3 Å². The Morgan fingerprint density at radius 1 is 1.17 bits per heavy atom. The van der Waals surface area contributed by atoms with Crippen molar-refractivity contribution in [3.05, 3.63) is 65.5 Å². The van der Waals surface area contributed by atoms with Gasteiger partial charge >= 0.3 is 0 Å². The lowest BCUT2D eigenvalue weighted by molar-refractivity contribution is -0.128. The molecule has 30 heavy (non-hydrogen) atoms. The summed E-state index contributed by atoms with van der Waals surface area (Å²) in [7, 11) is 0. The van der Waals surface area contributed by atoms with Crippen LogP contribution in [0.1, 0.15) is 43.2 Å². The first-order valence-electron chi connectivity index (χ1n) is 10.4. The van der Waals surface area contributed by atoms with Crippen molar-refractivity contribution in [3.8, 4) is 17.1 Å². The maximum Gasteiger partial charge on any atom is 0.232 e. The number of carbonyl (C=O) groups is 1. The number of rotatable bonds is 7. The Hall–Kier alpha value is -3.15. The zero-order chi connectivity index (χ0) is 21.1. The summed E-state index contributed by atoms with van der Waals surface area (Å²) in [6, 6.07) is 15.8. The summed E-state index contributed by atoms with van der Waals surface area (Å²) in [4.78, 5) is 19.0. The van der Waals surface area contributed by atoms with Crippen LogP contribution in [0.3, 0.4) is 0 Å². The molecule has 1 saturated heterocycles. The number of ether oxygens (including phenoxy) is 1. The molecule has 1 unspecified atom stereocenters. The Labute approximate surface area is 176 Å². The fourth-order valence-corrected chi connectivity index (χ4v) is 3.56. The third-order valence-electron chi connectivity index (χ3n) is 5.32. The summed E-state index contributed by atoms with van der Waals surface area (Å²) < 4.78 is 11.2. The van der Waals surface area contributed by atoms with Crippen LogP contribution in [0, 0.1) is 12.8 Å². The van der Waals surface area contributed by atoms with Gasteiger partial charge in [-0.3, -0.25) is 4.79 Å². The van der Waals surface area contributed by atoms with Crippen molar-refractivity contribution in [2.24, 2.45) is 5.92 Å². The topological polar surface area (TPSA) is 68.5 Å². The summed E-state index contributed by atoms with van der Waals surface area (Å²) in [5.41, 5.74) is 3.22. The zero-order valence-corrected chi connectivity index (χ0v) is 17.7. The van der Waals surface area contributed by atoms with Crippen LogP contribution in [0.5, 0.6) is 5.75 Å². The molecule has 0 bridgehead atoms. The first-order chi connectivity index (χ1) is 14.5. The van der Waals surface area contributed by atoms with Gasteiger partial charge in [0.25, 0.3) is 0 Å². The van der Waals surface area contributed by atoms with E-state index in [1.165, 1.54) is 5.56 Å². The lowest BCUT2D eigenvalue weighted by Crippen LogP contribution is -2.24. The minimum absolute atomic E-state index is 0.0728. The Balaban J connectivity index is 1.41. The first-order valence-corrected chi connectivity index (χ1v) is 10.4. The van der Waals surface area contributed by atoms with Crippen molar-refractivity contribution in [2.75, 3.05) is 13.2 Å². The Kier molecular flexibility index (Phi) is 5.84. The summed E-state index contributed by atoms with van der Waals surface area (Å²) in [5, 5.41) is 4.13. The zero-order valence-electron chi connectivity index (χ0n) is 17.7. The average Bonchev–Trinajstić information content (AvgIpc) is 3.36. The minimum Gasteiger partial charge on any atom is -0.493 e. The van der Waals surface area contributed by atoms with Crippen LogP contribution in [0.15, 0.2) is 53.1 Å². The third kappa shape index (κ3) is 4.53. The van der Waals surface area contributed by atoms with Crippen LogP contribution in [0.4, 0.5) is 0 Å². The molecule has 6 heteroatoms. The van der Waals surface area contributed by atoms with E-state index in [1.54, 1.807) is 0 Å². The number of aryl methyl sites for hydroxylation is 1. The highest BCUT2D eigenvalue weighted by Crippen LogP contribution is 2.30. The summed E-state index contributed by atoms with van der Waals surface area (Å²) in [5.74, 6) is 2.40. The van der Waals surface area contributed by atoms with Crippen molar-refractivity contribution in [2.45, 2.75) is 39.7 Å². The smallest absolute Gasteiger partial charge is 0.232 e. The molecule has 0 aliphatic carbocycles. The molecule has 0 saturated carbocycles. The molecule has 1 aliphatic heterocycles. The van der Waals surface area contributed by atoms with Crippen LogP contribution in [0.25, 0.3) is 11.4 Å². The second-order valence-electron chi connectivity index (χ2n) is 8.29. The molecule has 4 rings (SSSR count). The molecule has 0 N–H and O–H groups in total. The molecule has 0 spiro atoms. The van der Waals surface area contributed by atoms with E-state index < -0.39 is 0 Å². The van der Waals surface area contributed by atoms with Crippen molar-refractivity contribution in [1.29, 1.82) is 0 Å². The SMILES string of the molecule is Cc1ccccc1CN1CC(c2nc(-c3ccc(OCC(C)C)cc3)no2)CC1=O. The molecule has 0 radical (unpaired) electrons. The maximum absolute atomic E-state index is 12.5. The predicted octanol–water partition coefficient (Wildman–Crippen LogP) is 4.60. The quantitative estimate of drug-likeness (QED) is 0.575. The van der Waals surface area contributed by atoms with Gasteiger partial charge in [0.05, 0.1) is 12.5 Å². The van der Waals surface area contributed by atoms with Crippen LogP contribution < -0.4 is 4.74 Å². The van der Waals surface area contributed by atoms with Gasteiger partial charge in [0.15, 0.2) is 0 Å². The van der Waals surface area contributed by atoms with E-state index >= 15 is 0 Å². The number of nitrogens with zero attached hydrogens (tertiary/aromatic N) is 3. The third-order valence-corrected chi connectivity index (χ3v) is 5.32. The Morgan fingerprint density at radius 2 is 1.93 bits per heavy atom. The van der Waals surface area contributed by atoms with Crippen molar-refractivity contribution < 1.29 is 14.1 Å². The van der Waals surface area contributed by atoms with E-state index in [2.05, 4.69) is 43.0 Å². The molecule has 1 aromatic heterocycles. The lowest BCUT2D eigenvalue weighted by Gasteiger charge is -2.17. The Morgan fingerprint density at radius 3 is 2.67 bits per heavy atom. The standard InChI is InChI=1S/C24H27N3O3/c1-16(2)15-29-21-10-8-18(9-11-21)23-25-24(30-26-23)20-12-22(28)27(14-20)13-19-7-5-4-6-17(19)3/h4-11,16,20H,12-15H2,1-3H3. The molecular formula is C24H27N3O3. The second-order valence-corrected chi connectivity index (χ2v) is 8.29. The Bertz CT molecular complexity index is 1010. The van der Waals surface area contributed by atoms with Crippen molar-refractivity contribution in [1.82, 2.24) is 15.0 Å². The number of hydrogen-bond donors (Lipinski definition) is 0. The molecule has 1 amide bonds. The predicted molar refractivity (Wildman–Crippen MR) is 114 cm³/mol. The summed E-state index contributed by atoms with van der Waals surface area (Å²) in [6.07, 6.45) is 0.398. The lowest BCUT2D eigenvalue weighted by atomic mass is 10.1. The molecule has 6 nitrogen and oxygen atoms in total. The summed E-state index contributed by atoms with van der Waals surface area (Å²) in [6.45, 7) is 8.19. The van der Waals surface area contributed by atoms with Gasteiger partial charge in [-0.15, -0.1) is 0 Å². The molecular weight excluding hydrogens is 378 g/mol. The fourth-order valence-electron chi connectivity index (χ4n) is 3.56. The van der Waals surface area contributed by atoms with E-state index in [-0.39, 0.29) is 11.8 Å². The van der Waals surface area contributed by atoms with Crippen LogP contribution in [-0.2, 0) is 11.3 Å². The number of aromatic nitrogens is 2. The molecule has 3 aromatic rings. The van der Waals surface area contributed by atoms with E-state index in [4.69, 9.17) is 9.26 Å². The van der Waals surface area contributed by atoms with Gasteiger partial charge in [0, 0.05) is 25.1 Å². The van der Waals surface area contributed by atoms with Gasteiger partial charge < -0.3 is 14.2 Å². The number of benzene rings is 2.